The standard InChI is InChI=1S/C26H25F2N5O5/c27-17-7-6-16(21(28)10-17)11-30-25(36)20-14-33-22(24(35)23(20)34)26(37)31(13-19-5-3-9-38-19)15-32(33)12-18-4-1-2-8-29-18/h1-2,4,6-8,10,14,19,35H,3,5,9,11-13,15H2,(H,30,36). The van der Waals surface area contributed by atoms with Gasteiger partial charge in [0, 0.05) is 43.7 Å². The third-order valence-electron chi connectivity index (χ3n) is 6.51. The van der Waals surface area contributed by atoms with Gasteiger partial charge in [-0.1, -0.05) is 12.1 Å². The summed E-state index contributed by atoms with van der Waals surface area (Å²) in [6, 6.07) is 8.26. The van der Waals surface area contributed by atoms with E-state index in [0.717, 1.165) is 18.9 Å². The normalized spacial score (nSPS) is 17.0. The molecule has 4 heterocycles. The lowest BCUT2D eigenvalue weighted by Gasteiger charge is -2.40. The van der Waals surface area contributed by atoms with Crippen molar-refractivity contribution in [2.45, 2.75) is 32.0 Å². The molecule has 38 heavy (non-hydrogen) atoms. The Labute approximate surface area is 216 Å². The lowest BCUT2D eigenvalue weighted by Crippen LogP contribution is -2.55. The molecule has 2 N–H and O–H groups in total. The number of nitrogens with one attached hydrogen (secondary N) is 1. The second-order valence-electron chi connectivity index (χ2n) is 9.12. The molecule has 1 saturated heterocycles. The summed E-state index contributed by atoms with van der Waals surface area (Å²) in [6.45, 7) is 0.848. The Bertz CT molecular complexity index is 1430. The van der Waals surface area contributed by atoms with Gasteiger partial charge >= 0.3 is 0 Å². The molecule has 12 heteroatoms. The second-order valence-corrected chi connectivity index (χ2v) is 9.12. The lowest BCUT2D eigenvalue weighted by atomic mass is 10.1. The monoisotopic (exact) mass is 525 g/mol. The van der Waals surface area contributed by atoms with E-state index in [2.05, 4.69) is 10.3 Å². The lowest BCUT2D eigenvalue weighted by molar-refractivity contribution is 0.0455. The van der Waals surface area contributed by atoms with Crippen LogP contribution in [0.1, 0.15) is 44.9 Å². The number of carbonyl (C=O) groups is 2. The van der Waals surface area contributed by atoms with Crippen LogP contribution in [-0.4, -0.2) is 57.4 Å². The van der Waals surface area contributed by atoms with Crippen LogP contribution in [0.3, 0.4) is 0 Å². The van der Waals surface area contributed by atoms with Crippen molar-refractivity contribution in [1.29, 1.82) is 0 Å². The molecule has 0 spiro atoms. The van der Waals surface area contributed by atoms with Crippen LogP contribution in [0.2, 0.25) is 0 Å². The van der Waals surface area contributed by atoms with E-state index in [0.29, 0.717) is 18.4 Å². The highest BCUT2D eigenvalue weighted by Gasteiger charge is 2.36. The average Bonchev–Trinajstić information content (AvgIpc) is 3.41. The molecule has 2 aliphatic rings. The smallest absolute Gasteiger partial charge is 0.277 e. The molecule has 2 aliphatic heterocycles. The van der Waals surface area contributed by atoms with Gasteiger partial charge in [-0.15, -0.1) is 0 Å². The number of hydrogen-bond donors (Lipinski definition) is 2. The Balaban J connectivity index is 1.47. The minimum Gasteiger partial charge on any atom is -0.502 e. The van der Waals surface area contributed by atoms with Crippen LogP contribution in [0.5, 0.6) is 5.75 Å². The highest BCUT2D eigenvalue weighted by Crippen LogP contribution is 2.24. The molecule has 1 fully saturated rings. The number of carbonyl (C=O) groups excluding carboxylic acids is 2. The van der Waals surface area contributed by atoms with E-state index in [1.54, 1.807) is 29.4 Å². The van der Waals surface area contributed by atoms with E-state index in [1.807, 2.05) is 0 Å². The Kier molecular flexibility index (Phi) is 7.05. The molecule has 2 amide bonds. The highest BCUT2D eigenvalue weighted by atomic mass is 19.1. The number of pyridine rings is 2. The van der Waals surface area contributed by atoms with Crippen LogP contribution in [0.15, 0.2) is 53.6 Å². The van der Waals surface area contributed by atoms with Gasteiger partial charge in [-0.25, -0.2) is 8.78 Å². The summed E-state index contributed by atoms with van der Waals surface area (Å²) in [5.41, 5.74) is -1.10. The van der Waals surface area contributed by atoms with Gasteiger partial charge in [0.1, 0.15) is 23.9 Å². The zero-order chi connectivity index (χ0) is 26.8. The Morgan fingerprint density at radius 3 is 2.76 bits per heavy atom. The number of ether oxygens (including phenoxy) is 1. The third-order valence-corrected chi connectivity index (χ3v) is 6.51. The molecule has 0 radical (unpaired) electrons. The fourth-order valence-electron chi connectivity index (χ4n) is 4.57. The maximum Gasteiger partial charge on any atom is 0.277 e. The van der Waals surface area contributed by atoms with Crippen molar-refractivity contribution in [3.63, 3.8) is 0 Å². The average molecular weight is 526 g/mol. The number of hydrogen-bond acceptors (Lipinski definition) is 7. The summed E-state index contributed by atoms with van der Waals surface area (Å²) in [6.07, 6.45) is 4.31. The first-order valence-corrected chi connectivity index (χ1v) is 12.1. The summed E-state index contributed by atoms with van der Waals surface area (Å²) < 4.78 is 34.1. The topological polar surface area (TPSA) is 117 Å². The number of aromatic nitrogens is 2. The number of nitrogens with zero attached hydrogens (tertiary/aromatic N) is 4. The van der Waals surface area contributed by atoms with E-state index in [9.17, 15) is 28.3 Å². The second kappa shape index (κ2) is 10.6. The fraction of sp³-hybridized carbons (Fsp3) is 0.308. The molecule has 10 nitrogen and oxygen atoms in total. The molecule has 0 saturated carbocycles. The van der Waals surface area contributed by atoms with Crippen molar-refractivity contribution in [2.75, 3.05) is 24.8 Å². The number of rotatable bonds is 7. The van der Waals surface area contributed by atoms with Crippen LogP contribution < -0.4 is 15.8 Å². The van der Waals surface area contributed by atoms with Crippen molar-refractivity contribution in [2.24, 2.45) is 0 Å². The van der Waals surface area contributed by atoms with Crippen LogP contribution in [0.4, 0.5) is 8.78 Å². The number of fused-ring (bicyclic) bond motifs is 1. The molecular weight excluding hydrogens is 500 g/mol. The molecular formula is C26H25F2N5O5. The van der Waals surface area contributed by atoms with E-state index >= 15 is 0 Å². The van der Waals surface area contributed by atoms with Crippen LogP contribution in [0, 0.1) is 11.6 Å². The minimum absolute atomic E-state index is 0.0127. The summed E-state index contributed by atoms with van der Waals surface area (Å²) >= 11 is 0. The number of aromatic hydroxyl groups is 1. The summed E-state index contributed by atoms with van der Waals surface area (Å²) in [4.78, 5) is 45.1. The fourth-order valence-corrected chi connectivity index (χ4v) is 4.57. The first-order chi connectivity index (χ1) is 18.3. The van der Waals surface area contributed by atoms with Gasteiger partial charge in [0.15, 0.2) is 11.4 Å². The van der Waals surface area contributed by atoms with Gasteiger partial charge in [0.2, 0.25) is 5.43 Å². The zero-order valence-corrected chi connectivity index (χ0v) is 20.3. The third kappa shape index (κ3) is 5.07. The first-order valence-electron chi connectivity index (χ1n) is 12.1. The van der Waals surface area contributed by atoms with Gasteiger partial charge in [-0.05, 0) is 31.0 Å². The van der Waals surface area contributed by atoms with Crippen molar-refractivity contribution in [3.8, 4) is 5.75 Å². The maximum atomic E-state index is 14.0. The summed E-state index contributed by atoms with van der Waals surface area (Å²) in [5.74, 6) is -3.96. The number of amides is 2. The van der Waals surface area contributed by atoms with Crippen molar-refractivity contribution in [3.05, 3.63) is 93.2 Å². The zero-order valence-electron chi connectivity index (χ0n) is 20.3. The maximum absolute atomic E-state index is 14.0. The molecule has 3 aromatic rings. The molecule has 2 aromatic heterocycles. The molecule has 5 rings (SSSR count). The molecule has 1 unspecified atom stereocenters. The quantitative estimate of drug-likeness (QED) is 0.484. The van der Waals surface area contributed by atoms with Gasteiger partial charge in [0.25, 0.3) is 11.8 Å². The predicted molar refractivity (Wildman–Crippen MR) is 131 cm³/mol. The van der Waals surface area contributed by atoms with E-state index in [4.69, 9.17) is 4.74 Å². The molecule has 0 bridgehead atoms. The van der Waals surface area contributed by atoms with Crippen molar-refractivity contribution < 1.29 is 28.2 Å². The van der Waals surface area contributed by atoms with Crippen LogP contribution >= 0.6 is 0 Å². The van der Waals surface area contributed by atoms with Crippen molar-refractivity contribution >= 4 is 11.8 Å². The van der Waals surface area contributed by atoms with Gasteiger partial charge in [-0.2, -0.15) is 0 Å². The van der Waals surface area contributed by atoms with Gasteiger partial charge < -0.3 is 20.1 Å². The molecule has 198 valence electrons. The highest BCUT2D eigenvalue weighted by molar-refractivity contribution is 5.99. The predicted octanol–water partition coefficient (Wildman–Crippen LogP) is 1.89. The molecule has 1 atom stereocenters. The van der Waals surface area contributed by atoms with Gasteiger partial charge in [0.05, 0.1) is 18.3 Å². The number of halogens is 2. The van der Waals surface area contributed by atoms with E-state index in [1.165, 1.54) is 21.8 Å². The van der Waals surface area contributed by atoms with Crippen LogP contribution in [0.25, 0.3) is 0 Å². The summed E-state index contributed by atoms with van der Waals surface area (Å²) in [5, 5.41) is 14.9. The Morgan fingerprint density at radius 2 is 2.05 bits per heavy atom. The first kappa shape index (κ1) is 25.3. The van der Waals surface area contributed by atoms with Gasteiger partial charge in [-0.3, -0.25) is 29.1 Å². The largest absolute Gasteiger partial charge is 0.502 e. The minimum atomic E-state index is -1.04. The van der Waals surface area contributed by atoms with Crippen LogP contribution in [-0.2, 0) is 17.8 Å². The number of benzene rings is 1. The Hall–Kier alpha value is -4.32. The van der Waals surface area contributed by atoms with Crippen molar-refractivity contribution in [1.82, 2.24) is 19.9 Å². The van der Waals surface area contributed by atoms with E-state index < -0.39 is 40.2 Å². The summed E-state index contributed by atoms with van der Waals surface area (Å²) in [7, 11) is 0. The SMILES string of the molecule is O=C(NCc1ccc(F)cc1F)c1cn2c(c(O)c1=O)C(=O)N(CC1CCCO1)CN2Cc1ccccn1. The van der Waals surface area contributed by atoms with E-state index in [-0.39, 0.29) is 43.7 Å². The molecule has 1 aromatic carbocycles. The molecule has 0 aliphatic carbocycles. The Morgan fingerprint density at radius 1 is 1.21 bits per heavy atom.